The van der Waals surface area contributed by atoms with Gasteiger partial charge < -0.3 is 5.11 Å². The van der Waals surface area contributed by atoms with E-state index in [1.807, 2.05) is 0 Å². The number of benzene rings is 1. The van der Waals surface area contributed by atoms with Gasteiger partial charge in [0, 0.05) is 11.8 Å². The molecule has 18 heavy (non-hydrogen) atoms. The van der Waals surface area contributed by atoms with Crippen molar-refractivity contribution in [3.63, 3.8) is 0 Å². The van der Waals surface area contributed by atoms with Crippen LogP contribution in [0.5, 0.6) is 0 Å². The summed E-state index contributed by atoms with van der Waals surface area (Å²) in [4.78, 5) is 21.2. The summed E-state index contributed by atoms with van der Waals surface area (Å²) in [6.45, 7) is 1.53. The Morgan fingerprint density at radius 3 is 2.56 bits per heavy atom. The lowest BCUT2D eigenvalue weighted by Gasteiger charge is -2.07. The molecule has 0 aliphatic carbocycles. The van der Waals surface area contributed by atoms with E-state index in [0.717, 1.165) is 17.8 Å². The van der Waals surface area contributed by atoms with Crippen molar-refractivity contribution in [3.8, 4) is 0 Å². The van der Waals surface area contributed by atoms with Gasteiger partial charge in [0.2, 0.25) is 0 Å². The first-order chi connectivity index (χ1) is 8.32. The van der Waals surface area contributed by atoms with Crippen LogP contribution in [0.3, 0.4) is 0 Å². The second-order valence-corrected chi connectivity index (χ2v) is 5.42. The van der Waals surface area contributed by atoms with Crippen molar-refractivity contribution in [2.75, 3.05) is 5.75 Å². The van der Waals surface area contributed by atoms with Crippen molar-refractivity contribution in [1.29, 1.82) is 0 Å². The van der Waals surface area contributed by atoms with E-state index in [9.17, 15) is 14.9 Å². The zero-order valence-electron chi connectivity index (χ0n) is 9.22. The molecule has 1 aromatic rings. The lowest BCUT2D eigenvalue weighted by molar-refractivity contribution is -0.387. The van der Waals surface area contributed by atoms with Gasteiger partial charge in [-0.25, -0.2) is 0 Å². The topological polar surface area (TPSA) is 80.4 Å². The van der Waals surface area contributed by atoms with Crippen LogP contribution in [0.1, 0.15) is 6.92 Å². The van der Waals surface area contributed by atoms with E-state index in [-0.39, 0.29) is 21.5 Å². The van der Waals surface area contributed by atoms with Crippen LogP contribution in [0.25, 0.3) is 0 Å². The molecule has 0 heterocycles. The van der Waals surface area contributed by atoms with Crippen LogP contribution in [0, 0.1) is 16.0 Å². The van der Waals surface area contributed by atoms with Crippen LogP contribution in [-0.2, 0) is 4.79 Å². The monoisotopic (exact) mass is 309 g/mol. The van der Waals surface area contributed by atoms with Gasteiger partial charge in [-0.1, -0.05) is 30.1 Å². The molecule has 0 saturated heterocycles. The highest BCUT2D eigenvalue weighted by molar-refractivity contribution is 7.99. The predicted octanol–water partition coefficient (Wildman–Crippen LogP) is 3.71. The highest BCUT2D eigenvalue weighted by atomic mass is 35.5. The van der Waals surface area contributed by atoms with E-state index in [4.69, 9.17) is 28.3 Å². The van der Waals surface area contributed by atoms with Crippen molar-refractivity contribution >= 4 is 46.6 Å². The second kappa shape index (κ2) is 6.26. The summed E-state index contributed by atoms with van der Waals surface area (Å²) in [6.07, 6.45) is 0. The number of nitrogens with zero attached hydrogens (tertiary/aromatic N) is 1. The molecule has 1 aromatic carbocycles. The number of carboxylic acid groups (broad SMARTS) is 1. The first kappa shape index (κ1) is 15.1. The number of hydrogen-bond acceptors (Lipinski definition) is 4. The Labute approximate surface area is 117 Å². The summed E-state index contributed by atoms with van der Waals surface area (Å²) in [5, 5.41) is 19.9. The summed E-state index contributed by atoms with van der Waals surface area (Å²) in [7, 11) is 0. The maximum atomic E-state index is 10.8. The largest absolute Gasteiger partial charge is 0.481 e. The van der Waals surface area contributed by atoms with Gasteiger partial charge in [-0.15, -0.1) is 11.8 Å². The lowest BCUT2D eigenvalue weighted by Crippen LogP contribution is -2.11. The normalized spacial score (nSPS) is 12.2. The van der Waals surface area contributed by atoms with Gasteiger partial charge >= 0.3 is 5.97 Å². The van der Waals surface area contributed by atoms with Crippen LogP contribution in [0.15, 0.2) is 17.0 Å². The third kappa shape index (κ3) is 3.76. The number of rotatable bonds is 5. The smallest absolute Gasteiger partial charge is 0.307 e. The molecule has 8 heteroatoms. The number of nitro groups is 1. The summed E-state index contributed by atoms with van der Waals surface area (Å²) in [6, 6.07) is 2.54. The molecule has 1 atom stereocenters. The van der Waals surface area contributed by atoms with Crippen LogP contribution in [0.4, 0.5) is 5.69 Å². The average molecular weight is 310 g/mol. The Balaban J connectivity index is 2.97. The Hall–Kier alpha value is -0.980. The van der Waals surface area contributed by atoms with Crippen molar-refractivity contribution in [2.45, 2.75) is 11.8 Å². The van der Waals surface area contributed by atoms with Gasteiger partial charge in [-0.2, -0.15) is 0 Å². The highest BCUT2D eigenvalue weighted by Gasteiger charge is 2.19. The Bertz CT molecular complexity index is 495. The third-order valence-electron chi connectivity index (χ3n) is 2.11. The molecule has 1 unspecified atom stereocenters. The van der Waals surface area contributed by atoms with Crippen molar-refractivity contribution < 1.29 is 14.8 Å². The molecule has 1 rings (SSSR count). The quantitative estimate of drug-likeness (QED) is 0.509. The second-order valence-electron chi connectivity index (χ2n) is 3.54. The SMILES string of the molecule is CC(CSc1cc(Cl)c(Cl)cc1[N+](=O)[O-])C(=O)O. The Morgan fingerprint density at radius 1 is 1.50 bits per heavy atom. The van der Waals surface area contributed by atoms with Crippen LogP contribution >= 0.6 is 35.0 Å². The van der Waals surface area contributed by atoms with E-state index < -0.39 is 16.8 Å². The van der Waals surface area contributed by atoms with Crippen LogP contribution < -0.4 is 0 Å². The number of carbonyl (C=O) groups is 1. The first-order valence-corrected chi connectivity index (χ1v) is 6.56. The van der Waals surface area contributed by atoms with Crippen molar-refractivity contribution in [3.05, 3.63) is 32.3 Å². The molecule has 98 valence electrons. The number of hydrogen-bond donors (Lipinski definition) is 1. The minimum absolute atomic E-state index is 0.0963. The highest BCUT2D eigenvalue weighted by Crippen LogP contribution is 2.36. The molecule has 0 aromatic heterocycles. The van der Waals surface area contributed by atoms with Gasteiger partial charge in [0.25, 0.3) is 5.69 Å². The molecular weight excluding hydrogens is 301 g/mol. The molecule has 1 N–H and O–H groups in total. The molecule has 0 aliphatic rings. The number of thioether (sulfide) groups is 1. The fourth-order valence-electron chi connectivity index (χ4n) is 1.06. The van der Waals surface area contributed by atoms with Gasteiger partial charge in [-0.05, 0) is 6.07 Å². The van der Waals surface area contributed by atoms with E-state index in [0.29, 0.717) is 4.90 Å². The minimum Gasteiger partial charge on any atom is -0.481 e. The minimum atomic E-state index is -0.954. The zero-order chi connectivity index (χ0) is 13.9. The standard InChI is InChI=1S/C10H9Cl2NO4S/c1-5(10(14)15)4-18-9-3-7(12)6(11)2-8(9)13(16)17/h2-3,5H,4H2,1H3,(H,14,15). The van der Waals surface area contributed by atoms with Crippen LogP contribution in [0.2, 0.25) is 10.0 Å². The number of carboxylic acids is 1. The number of aliphatic carboxylic acids is 1. The summed E-state index contributed by atoms with van der Waals surface area (Å²) in [5.41, 5.74) is -0.174. The summed E-state index contributed by atoms with van der Waals surface area (Å²) >= 11 is 12.6. The van der Waals surface area contributed by atoms with Crippen LogP contribution in [-0.4, -0.2) is 21.8 Å². The summed E-state index contributed by atoms with van der Waals surface area (Å²) < 4.78 is 0. The molecule has 0 aliphatic heterocycles. The molecule has 0 spiro atoms. The van der Waals surface area contributed by atoms with E-state index in [1.165, 1.54) is 13.0 Å². The first-order valence-electron chi connectivity index (χ1n) is 4.82. The van der Waals surface area contributed by atoms with Gasteiger partial charge in [0.1, 0.15) is 0 Å². The van der Waals surface area contributed by atoms with Gasteiger partial charge in [-0.3, -0.25) is 14.9 Å². The van der Waals surface area contributed by atoms with Gasteiger partial charge in [0.15, 0.2) is 0 Å². The molecule has 0 saturated carbocycles. The van der Waals surface area contributed by atoms with Crippen molar-refractivity contribution in [1.82, 2.24) is 0 Å². The molecule has 0 bridgehead atoms. The molecule has 0 radical (unpaired) electrons. The van der Waals surface area contributed by atoms with Gasteiger partial charge in [0.05, 0.1) is 25.8 Å². The maximum absolute atomic E-state index is 10.8. The van der Waals surface area contributed by atoms with Crippen molar-refractivity contribution in [2.24, 2.45) is 5.92 Å². The average Bonchev–Trinajstić information content (AvgIpc) is 2.29. The fraction of sp³-hybridized carbons (Fsp3) is 0.300. The van der Waals surface area contributed by atoms with E-state index in [1.54, 1.807) is 0 Å². The zero-order valence-corrected chi connectivity index (χ0v) is 11.6. The third-order valence-corrected chi connectivity index (χ3v) is 4.14. The fourth-order valence-corrected chi connectivity index (χ4v) is 2.50. The maximum Gasteiger partial charge on any atom is 0.307 e. The molecule has 0 fully saturated rings. The molecular formula is C10H9Cl2NO4S. The number of halogens is 2. The Morgan fingerprint density at radius 2 is 2.06 bits per heavy atom. The predicted molar refractivity (Wildman–Crippen MR) is 70.6 cm³/mol. The summed E-state index contributed by atoms with van der Waals surface area (Å²) in [5.74, 6) is -1.34. The Kier molecular flexibility index (Phi) is 5.25. The number of nitro benzene ring substituents is 1. The van der Waals surface area contributed by atoms with E-state index >= 15 is 0 Å². The van der Waals surface area contributed by atoms with E-state index in [2.05, 4.69) is 0 Å². The lowest BCUT2D eigenvalue weighted by atomic mass is 10.2. The molecule has 0 amide bonds. The molecule has 5 nitrogen and oxygen atoms in total.